The summed E-state index contributed by atoms with van der Waals surface area (Å²) in [7, 11) is 7.72. The minimum atomic E-state index is -1.11. The van der Waals surface area contributed by atoms with Gasteiger partial charge < -0.3 is 43.2 Å². The number of aliphatic carboxylic acids is 1. The van der Waals surface area contributed by atoms with Crippen molar-refractivity contribution in [2.75, 3.05) is 48.7 Å². The molecule has 1 amide bonds. The van der Waals surface area contributed by atoms with Crippen molar-refractivity contribution in [1.82, 2.24) is 4.90 Å². The monoisotopic (exact) mass is 755 g/mol. The third-order valence-electron chi connectivity index (χ3n) is 9.72. The number of esters is 1. The Labute approximate surface area is 321 Å². The van der Waals surface area contributed by atoms with Crippen LogP contribution in [0.1, 0.15) is 60.0 Å². The smallest absolute Gasteiger partial charge is 0.341 e. The average molecular weight is 756 g/mol. The molecule has 55 heavy (non-hydrogen) atoms. The molecule has 0 radical (unpaired) electrons. The number of rotatable bonds is 18. The van der Waals surface area contributed by atoms with Gasteiger partial charge in [-0.3, -0.25) is 4.79 Å². The van der Waals surface area contributed by atoms with Gasteiger partial charge in [-0.2, -0.15) is 0 Å². The zero-order valence-corrected chi connectivity index (χ0v) is 31.9. The molecule has 3 atom stereocenters. The second kappa shape index (κ2) is 19.4. The molecule has 1 fully saturated rings. The molecule has 0 bridgehead atoms. The van der Waals surface area contributed by atoms with E-state index in [1.54, 1.807) is 49.5 Å². The molecule has 2 unspecified atom stereocenters. The lowest BCUT2D eigenvalue weighted by atomic mass is 9.88. The topological polar surface area (TPSA) is 139 Å². The van der Waals surface area contributed by atoms with Crippen LogP contribution >= 0.6 is 0 Å². The Kier molecular flexibility index (Phi) is 14.2. The molecule has 4 aromatic carbocycles. The second-order valence-electron chi connectivity index (χ2n) is 13.2. The molecule has 1 heterocycles. The van der Waals surface area contributed by atoms with Gasteiger partial charge >= 0.3 is 11.9 Å². The van der Waals surface area contributed by atoms with Crippen LogP contribution in [-0.2, 0) is 32.0 Å². The number of nitrogens with zero attached hydrogens (tertiary/aromatic N) is 1. The first-order chi connectivity index (χ1) is 26.7. The number of hydrogen-bond acceptors (Lipinski definition) is 10. The van der Waals surface area contributed by atoms with E-state index in [4.69, 9.17) is 33.2 Å². The van der Waals surface area contributed by atoms with E-state index < -0.39 is 36.6 Å². The fourth-order valence-electron chi connectivity index (χ4n) is 6.94. The molecule has 4 aromatic rings. The van der Waals surface area contributed by atoms with E-state index in [9.17, 15) is 19.5 Å². The number of methoxy groups -OCH3 is 5. The third-order valence-corrected chi connectivity index (χ3v) is 9.72. The summed E-state index contributed by atoms with van der Waals surface area (Å²) in [6.45, 7) is -0.141. The number of carboxylic acids is 1. The number of ether oxygens (including phenoxy) is 7. The minimum Gasteiger partial charge on any atom is -0.493 e. The van der Waals surface area contributed by atoms with E-state index in [-0.39, 0.29) is 5.91 Å². The van der Waals surface area contributed by atoms with E-state index in [2.05, 4.69) is 0 Å². The maximum absolute atomic E-state index is 14.8. The average Bonchev–Trinajstić information content (AvgIpc) is 3.22. The first-order valence-corrected chi connectivity index (χ1v) is 18.2. The SMILES string of the molecule is COc1ccc(CCC(OC(=O)[C@@H]2CCCCN2C(=O)C(Cc2ccccc2)c2cc(OC)c(OC)c(OC)c2)c2cccc(OCC(=O)O)c2)cc1OC. The standard InChI is InChI=1S/C43H49NO11/c1-49-36-20-18-29(23-37(36)50-2)17-19-35(30-14-11-15-32(24-30)54-27-40(45)46)55-43(48)34-16-9-10-21-44(34)42(47)33(22-28-12-7-6-8-13-28)31-25-38(51-3)41(53-5)39(26-31)52-4/h6-8,11-15,18,20,23-26,33-35H,9-10,16-17,19,21-22,27H2,1-5H3,(H,45,46)/t33?,34-,35?/m0/s1. The Morgan fingerprint density at radius 2 is 1.44 bits per heavy atom. The highest BCUT2D eigenvalue weighted by Gasteiger charge is 2.38. The molecular formula is C43H49NO11. The van der Waals surface area contributed by atoms with E-state index in [1.165, 1.54) is 21.3 Å². The Hall–Kier alpha value is -5.91. The van der Waals surface area contributed by atoms with Crippen molar-refractivity contribution in [2.24, 2.45) is 0 Å². The number of carboxylic acid groups (broad SMARTS) is 1. The fraction of sp³-hybridized carbons (Fsp3) is 0.372. The number of benzene rings is 4. The maximum atomic E-state index is 14.8. The minimum absolute atomic E-state index is 0.217. The van der Waals surface area contributed by atoms with Gasteiger partial charge in [-0.1, -0.05) is 48.5 Å². The summed E-state index contributed by atoms with van der Waals surface area (Å²) in [6.07, 6.45) is 2.41. The number of carbonyl (C=O) groups excluding carboxylic acids is 2. The van der Waals surface area contributed by atoms with Crippen LogP contribution in [0.25, 0.3) is 0 Å². The Morgan fingerprint density at radius 1 is 0.727 bits per heavy atom. The van der Waals surface area contributed by atoms with Crippen molar-refractivity contribution in [3.63, 3.8) is 0 Å². The molecular weight excluding hydrogens is 706 g/mol. The molecule has 0 aromatic heterocycles. The summed E-state index contributed by atoms with van der Waals surface area (Å²) < 4.78 is 39.6. The molecule has 1 aliphatic heterocycles. The van der Waals surface area contributed by atoms with Crippen molar-refractivity contribution < 1.29 is 52.6 Å². The van der Waals surface area contributed by atoms with E-state index in [1.807, 2.05) is 54.6 Å². The first kappa shape index (κ1) is 40.3. The third kappa shape index (κ3) is 10.2. The molecule has 0 spiro atoms. The number of amides is 1. The van der Waals surface area contributed by atoms with Crippen molar-refractivity contribution in [1.29, 1.82) is 0 Å². The molecule has 5 rings (SSSR count). The number of piperidine rings is 1. The summed E-state index contributed by atoms with van der Waals surface area (Å²) in [5.74, 6) is 0.216. The normalized spacial score (nSPS) is 14.9. The van der Waals surface area contributed by atoms with Crippen LogP contribution in [0, 0.1) is 0 Å². The zero-order chi connectivity index (χ0) is 39.3. The van der Waals surface area contributed by atoms with Crippen LogP contribution in [0.2, 0.25) is 0 Å². The van der Waals surface area contributed by atoms with Crippen LogP contribution in [0.4, 0.5) is 0 Å². The summed E-state index contributed by atoms with van der Waals surface area (Å²) in [6, 6.07) is 24.9. The van der Waals surface area contributed by atoms with Gasteiger partial charge in [0, 0.05) is 6.54 Å². The lowest BCUT2D eigenvalue weighted by molar-refractivity contribution is -0.162. The Bertz CT molecular complexity index is 1890. The van der Waals surface area contributed by atoms with Crippen LogP contribution in [-0.4, -0.2) is 82.6 Å². The molecule has 12 nitrogen and oxygen atoms in total. The Morgan fingerprint density at radius 3 is 2.09 bits per heavy atom. The van der Waals surface area contributed by atoms with Gasteiger partial charge in [-0.25, -0.2) is 9.59 Å². The molecule has 1 saturated heterocycles. The summed E-state index contributed by atoms with van der Waals surface area (Å²) in [5.41, 5.74) is 3.17. The molecule has 1 N–H and O–H groups in total. The predicted molar refractivity (Wildman–Crippen MR) is 205 cm³/mol. The van der Waals surface area contributed by atoms with Crippen LogP contribution < -0.4 is 28.4 Å². The molecule has 0 aliphatic carbocycles. The summed E-state index contributed by atoms with van der Waals surface area (Å²) in [5, 5.41) is 9.18. The van der Waals surface area contributed by atoms with Gasteiger partial charge in [0.05, 0.1) is 41.5 Å². The first-order valence-electron chi connectivity index (χ1n) is 18.2. The van der Waals surface area contributed by atoms with Crippen LogP contribution in [0.15, 0.2) is 84.9 Å². The van der Waals surface area contributed by atoms with E-state index >= 15 is 0 Å². The highest BCUT2D eigenvalue weighted by Crippen LogP contribution is 2.42. The van der Waals surface area contributed by atoms with Crippen molar-refractivity contribution >= 4 is 17.8 Å². The zero-order valence-electron chi connectivity index (χ0n) is 31.9. The van der Waals surface area contributed by atoms with Crippen molar-refractivity contribution in [3.05, 3.63) is 107 Å². The molecule has 292 valence electrons. The van der Waals surface area contributed by atoms with E-state index in [0.717, 1.165) is 24.0 Å². The van der Waals surface area contributed by atoms with Gasteiger partial charge in [0.15, 0.2) is 29.6 Å². The highest BCUT2D eigenvalue weighted by atomic mass is 16.5. The lowest BCUT2D eigenvalue weighted by Crippen LogP contribution is -2.50. The molecule has 1 aliphatic rings. The number of likely N-dealkylation sites (tertiary alicyclic amines) is 1. The molecule has 12 heteroatoms. The van der Waals surface area contributed by atoms with Crippen molar-refractivity contribution in [2.45, 2.75) is 56.6 Å². The fourth-order valence-corrected chi connectivity index (χ4v) is 6.94. The van der Waals surface area contributed by atoms with Crippen molar-refractivity contribution in [3.8, 4) is 34.5 Å². The van der Waals surface area contributed by atoms with Crippen LogP contribution in [0.5, 0.6) is 34.5 Å². The number of hydrogen-bond donors (Lipinski definition) is 1. The quantitative estimate of drug-likeness (QED) is 0.107. The van der Waals surface area contributed by atoms with Gasteiger partial charge in [0.25, 0.3) is 0 Å². The van der Waals surface area contributed by atoms with Crippen LogP contribution in [0.3, 0.4) is 0 Å². The second-order valence-corrected chi connectivity index (χ2v) is 13.2. The lowest BCUT2D eigenvalue weighted by Gasteiger charge is -2.37. The predicted octanol–water partition coefficient (Wildman–Crippen LogP) is 6.82. The van der Waals surface area contributed by atoms with Gasteiger partial charge in [0.1, 0.15) is 17.9 Å². The molecule has 0 saturated carbocycles. The summed E-state index contributed by atoms with van der Waals surface area (Å²) in [4.78, 5) is 42.1. The highest BCUT2D eigenvalue weighted by molar-refractivity contribution is 5.89. The van der Waals surface area contributed by atoms with Gasteiger partial charge in [0.2, 0.25) is 11.7 Å². The van der Waals surface area contributed by atoms with Gasteiger partial charge in [-0.05, 0) is 97.2 Å². The number of carbonyl (C=O) groups is 3. The van der Waals surface area contributed by atoms with Gasteiger partial charge in [-0.15, -0.1) is 0 Å². The van der Waals surface area contributed by atoms with E-state index in [0.29, 0.717) is 77.9 Å². The Balaban J connectivity index is 1.46. The largest absolute Gasteiger partial charge is 0.493 e. The maximum Gasteiger partial charge on any atom is 0.341 e. The summed E-state index contributed by atoms with van der Waals surface area (Å²) >= 11 is 0. The number of aryl methyl sites for hydroxylation is 1.